The van der Waals surface area contributed by atoms with Gasteiger partial charge in [-0.1, -0.05) is 0 Å². The Labute approximate surface area is 74.1 Å². The van der Waals surface area contributed by atoms with Crippen molar-refractivity contribution in [1.29, 1.82) is 0 Å². The summed E-state index contributed by atoms with van der Waals surface area (Å²) in [6.45, 7) is 0. The van der Waals surface area contributed by atoms with E-state index in [4.69, 9.17) is 0 Å². The van der Waals surface area contributed by atoms with E-state index in [9.17, 15) is 0 Å². The molecule has 0 aliphatic carbocycles. The summed E-state index contributed by atoms with van der Waals surface area (Å²) in [6, 6.07) is 0. The summed E-state index contributed by atoms with van der Waals surface area (Å²) in [5.41, 5.74) is 0. The molecular formula is H3CaCl2Mn. The Morgan fingerprint density at radius 2 is 1.25 bits per heavy atom. The van der Waals surface area contributed by atoms with Crippen molar-refractivity contribution in [2.24, 2.45) is 0 Å². The van der Waals surface area contributed by atoms with Gasteiger partial charge in [-0.05, 0) is 0 Å². The standard InChI is InChI=1S/Ca.2ClH.Mn.2H/h;2*1H;;;/q;;;+1;;/p-1. The van der Waals surface area contributed by atoms with Crippen LogP contribution in [0.4, 0.5) is 0 Å². The van der Waals surface area contributed by atoms with Crippen LogP contribution in [0.25, 0.3) is 0 Å². The van der Waals surface area contributed by atoms with Crippen LogP contribution in [0.15, 0.2) is 0 Å². The molecule has 0 fully saturated rings. The van der Waals surface area contributed by atoms with E-state index < -0.39 is 0 Å². The van der Waals surface area contributed by atoms with Crippen molar-refractivity contribution in [1.82, 2.24) is 0 Å². The molecule has 0 atom stereocenters. The van der Waals surface area contributed by atoms with Gasteiger partial charge >= 0.3 is 62.9 Å². The average molecular weight is 169 g/mol. The molecule has 0 aliphatic heterocycles. The van der Waals surface area contributed by atoms with Gasteiger partial charge in [-0.2, -0.15) is 0 Å². The van der Waals surface area contributed by atoms with Crippen LogP contribution in [0.1, 0.15) is 0 Å². The fourth-order valence-electron chi connectivity index (χ4n) is 0. The second kappa shape index (κ2) is 18.3. The second-order valence-corrected chi connectivity index (χ2v) is 0. The Balaban J connectivity index is -0.00000000500. The molecule has 0 unspecified atom stereocenters. The molecule has 0 aliphatic rings. The molecule has 0 heterocycles. The maximum absolute atomic E-state index is 4.45. The minimum atomic E-state index is 0. The quantitative estimate of drug-likeness (QED) is 0.454. The number of hydrogen-bond donors (Lipinski definition) is 0. The van der Waals surface area contributed by atoms with E-state index in [1.54, 1.807) is 0 Å². The molecule has 0 bridgehead atoms. The van der Waals surface area contributed by atoms with Crippen molar-refractivity contribution >= 4 is 60.2 Å². The zero-order valence-corrected chi connectivity index (χ0v) is 3.92. The number of rotatable bonds is 0. The molecule has 26 valence electrons. The maximum atomic E-state index is 4.45. The molecule has 0 nitrogen and oxygen atoms in total. The summed E-state index contributed by atoms with van der Waals surface area (Å²) in [4.78, 5) is 0. The van der Waals surface area contributed by atoms with E-state index in [-0.39, 0.29) is 50.1 Å². The number of hydrogen-bond acceptors (Lipinski definition) is 0. The molecule has 0 spiro atoms. The van der Waals surface area contributed by atoms with Gasteiger partial charge in [0.05, 0.1) is 0 Å². The summed E-state index contributed by atoms with van der Waals surface area (Å²) in [5, 5.41) is 0. The van der Waals surface area contributed by atoms with E-state index in [1.807, 2.05) is 0 Å². The van der Waals surface area contributed by atoms with Gasteiger partial charge in [0, 0.05) is 0 Å². The van der Waals surface area contributed by atoms with Gasteiger partial charge in [0.1, 0.15) is 0 Å². The van der Waals surface area contributed by atoms with E-state index in [0.717, 1.165) is 0 Å². The molecule has 0 amide bonds. The molecule has 4 heavy (non-hydrogen) atoms. The van der Waals surface area contributed by atoms with Crippen LogP contribution >= 0.6 is 22.5 Å². The number of halogens is 2. The molecule has 0 aromatic heterocycles. The van der Waals surface area contributed by atoms with Gasteiger partial charge in [0.2, 0.25) is 0 Å². The summed E-state index contributed by atoms with van der Waals surface area (Å²) in [7, 11) is 4.45. The van der Waals surface area contributed by atoms with Crippen LogP contribution in [0, 0.1) is 0 Å². The van der Waals surface area contributed by atoms with Gasteiger partial charge in [-0.25, -0.2) is 0 Å². The molecular weight excluding hydrogens is 166 g/mol. The molecule has 0 aromatic rings. The first-order valence-electron chi connectivity index (χ1n) is 0.143. The fraction of sp³-hybridized carbons (Fsp3) is 0. The molecule has 0 rings (SSSR count). The van der Waals surface area contributed by atoms with Gasteiger partial charge in [0.15, 0.2) is 0 Å². The van der Waals surface area contributed by atoms with E-state index in [1.165, 1.54) is 0 Å². The Hall–Kier alpha value is 2.36. The summed E-state index contributed by atoms with van der Waals surface area (Å²) < 4.78 is 0. The van der Waals surface area contributed by atoms with Crippen LogP contribution in [0.3, 0.4) is 0 Å². The first kappa shape index (κ1) is 16.2. The predicted molar refractivity (Wildman–Crippen MR) is 21.6 cm³/mol. The topological polar surface area (TPSA) is 0 Å². The Morgan fingerprint density at radius 1 is 1.25 bits per heavy atom. The fourth-order valence-corrected chi connectivity index (χ4v) is 0. The molecule has 0 saturated heterocycles. The van der Waals surface area contributed by atoms with E-state index in [2.05, 4.69) is 25.2 Å². The van der Waals surface area contributed by atoms with Crippen molar-refractivity contribution in [3.63, 3.8) is 0 Å². The summed E-state index contributed by atoms with van der Waals surface area (Å²) in [5.74, 6) is 0. The van der Waals surface area contributed by atoms with Crippen molar-refractivity contribution in [3.05, 3.63) is 0 Å². The normalized spacial score (nSPS) is 1.50. The SMILES string of the molecule is Cl.[CaH2].[Cl][Mn]. The van der Waals surface area contributed by atoms with Crippen LogP contribution in [-0.2, 0) is 15.1 Å². The molecule has 0 N–H and O–H groups in total. The summed E-state index contributed by atoms with van der Waals surface area (Å²) in [6.07, 6.45) is 0. The molecule has 0 saturated carbocycles. The van der Waals surface area contributed by atoms with Gasteiger partial charge in [-0.15, -0.1) is 12.4 Å². The zero-order chi connectivity index (χ0) is 2.00. The van der Waals surface area contributed by atoms with Gasteiger partial charge in [0.25, 0.3) is 0 Å². The van der Waals surface area contributed by atoms with Crippen LogP contribution in [-0.4, -0.2) is 37.7 Å². The first-order valence-corrected chi connectivity index (χ1v) is 1.77. The minimum absolute atomic E-state index is 0. The molecule has 4 heteroatoms. The van der Waals surface area contributed by atoms with Gasteiger partial charge in [-0.3, -0.25) is 0 Å². The third-order valence-corrected chi connectivity index (χ3v) is 0. The van der Waals surface area contributed by atoms with Crippen molar-refractivity contribution in [2.45, 2.75) is 0 Å². The third-order valence-electron chi connectivity index (χ3n) is 0. The van der Waals surface area contributed by atoms with Crippen molar-refractivity contribution in [2.75, 3.05) is 0 Å². The summed E-state index contributed by atoms with van der Waals surface area (Å²) >= 11 is 2.41. The van der Waals surface area contributed by atoms with Gasteiger partial charge < -0.3 is 0 Å². The molecule has 0 aromatic carbocycles. The average Bonchev–Trinajstić information content (AvgIpc) is 1.00. The molecule has 0 radical (unpaired) electrons. The Kier molecular flexibility index (Phi) is 74.0. The second-order valence-electron chi connectivity index (χ2n) is 0. The van der Waals surface area contributed by atoms with Crippen LogP contribution < -0.4 is 0 Å². The van der Waals surface area contributed by atoms with E-state index in [0.29, 0.717) is 0 Å². The van der Waals surface area contributed by atoms with Crippen LogP contribution in [0.5, 0.6) is 0 Å². The van der Waals surface area contributed by atoms with Crippen molar-refractivity contribution < 1.29 is 15.1 Å². The Morgan fingerprint density at radius 3 is 1.25 bits per heavy atom. The van der Waals surface area contributed by atoms with Crippen molar-refractivity contribution in [3.8, 4) is 0 Å². The van der Waals surface area contributed by atoms with E-state index >= 15 is 0 Å². The third kappa shape index (κ3) is 8.84. The predicted octanol–water partition coefficient (Wildman–Crippen LogP) is 0.193. The Bertz CT molecular complexity index is 6.00. The monoisotopic (exact) mass is 168 g/mol. The zero-order valence-electron chi connectivity index (χ0n) is 1.16. The van der Waals surface area contributed by atoms with Crippen LogP contribution in [0.2, 0.25) is 0 Å². The first-order chi connectivity index (χ1) is 1.00.